The highest BCUT2D eigenvalue weighted by Crippen LogP contribution is 2.40. The zero-order valence-electron chi connectivity index (χ0n) is 19.2. The average Bonchev–Trinajstić information content (AvgIpc) is 3.06. The van der Waals surface area contributed by atoms with Gasteiger partial charge in [0, 0.05) is 24.2 Å². The second kappa shape index (κ2) is 8.99. The number of nitrogens with zero attached hydrogens (tertiary/aromatic N) is 1. The molecule has 0 saturated heterocycles. The van der Waals surface area contributed by atoms with Crippen molar-refractivity contribution in [3.05, 3.63) is 106 Å². The molecule has 1 aliphatic heterocycles. The molecule has 3 aromatic carbocycles. The molecule has 0 fully saturated rings. The van der Waals surface area contributed by atoms with Crippen LogP contribution < -0.4 is 5.32 Å². The SMILES string of the molecule is Cc1ccc(CNC(=O)c2ccc3c(c2)C(=O)N(Cc2ccc(C)cc2)C3C(C)C)cc1. The van der Waals surface area contributed by atoms with E-state index in [0.717, 1.165) is 16.7 Å². The summed E-state index contributed by atoms with van der Waals surface area (Å²) >= 11 is 0. The molecule has 1 atom stereocenters. The van der Waals surface area contributed by atoms with Crippen LogP contribution in [0.4, 0.5) is 0 Å². The lowest BCUT2D eigenvalue weighted by atomic mass is 9.94. The lowest BCUT2D eigenvalue weighted by molar-refractivity contribution is 0.0665. The number of amides is 2. The molecular formula is C28H30N2O2. The minimum absolute atomic E-state index is 0.00322. The van der Waals surface area contributed by atoms with E-state index in [1.54, 1.807) is 6.07 Å². The Hall–Kier alpha value is -3.40. The molecule has 164 valence electrons. The van der Waals surface area contributed by atoms with Crippen molar-refractivity contribution >= 4 is 11.8 Å². The van der Waals surface area contributed by atoms with E-state index in [1.807, 2.05) is 48.2 Å². The average molecular weight is 427 g/mol. The first-order valence-electron chi connectivity index (χ1n) is 11.2. The Bertz CT molecular complexity index is 1130. The fourth-order valence-electron chi connectivity index (χ4n) is 4.36. The molecule has 4 rings (SSSR count). The number of nitrogens with one attached hydrogen (secondary N) is 1. The minimum atomic E-state index is -0.167. The van der Waals surface area contributed by atoms with Crippen LogP contribution in [0, 0.1) is 19.8 Å². The second-order valence-corrected chi connectivity index (χ2v) is 9.08. The molecule has 0 aromatic heterocycles. The Morgan fingerprint density at radius 1 is 0.906 bits per heavy atom. The lowest BCUT2D eigenvalue weighted by Crippen LogP contribution is -2.30. The van der Waals surface area contributed by atoms with Gasteiger partial charge in [-0.2, -0.15) is 0 Å². The Morgan fingerprint density at radius 3 is 2.09 bits per heavy atom. The highest BCUT2D eigenvalue weighted by Gasteiger charge is 2.38. The van der Waals surface area contributed by atoms with Crippen molar-refractivity contribution in [1.82, 2.24) is 10.2 Å². The summed E-state index contributed by atoms with van der Waals surface area (Å²) in [5.74, 6) is 0.0959. The van der Waals surface area contributed by atoms with Crippen LogP contribution in [0.1, 0.15) is 68.4 Å². The Kier molecular flexibility index (Phi) is 6.13. The Labute approximate surface area is 190 Å². The summed E-state index contributed by atoms with van der Waals surface area (Å²) in [7, 11) is 0. The highest BCUT2D eigenvalue weighted by molar-refractivity contribution is 6.03. The summed E-state index contributed by atoms with van der Waals surface area (Å²) in [6, 6.07) is 21.9. The largest absolute Gasteiger partial charge is 0.348 e. The molecule has 0 bridgehead atoms. The number of rotatable bonds is 6. The van der Waals surface area contributed by atoms with Gasteiger partial charge in [0.2, 0.25) is 0 Å². The van der Waals surface area contributed by atoms with Gasteiger partial charge in [-0.05, 0) is 48.6 Å². The number of hydrogen-bond donors (Lipinski definition) is 1. The zero-order valence-corrected chi connectivity index (χ0v) is 19.2. The molecule has 3 aromatic rings. The number of aryl methyl sites for hydroxylation is 2. The van der Waals surface area contributed by atoms with Gasteiger partial charge in [0.25, 0.3) is 11.8 Å². The van der Waals surface area contributed by atoms with Crippen LogP contribution in [0.25, 0.3) is 0 Å². The standard InChI is InChI=1S/C28H30N2O2/c1-18(2)26-24-14-13-23(27(31)29-16-21-9-5-19(3)6-10-21)15-25(24)28(32)30(26)17-22-11-7-20(4)8-12-22/h5-15,18,26H,16-17H2,1-4H3,(H,29,31). The quantitative estimate of drug-likeness (QED) is 0.559. The maximum atomic E-state index is 13.4. The summed E-state index contributed by atoms with van der Waals surface area (Å²) in [5, 5.41) is 2.97. The monoisotopic (exact) mass is 426 g/mol. The molecule has 1 unspecified atom stereocenters. The van der Waals surface area contributed by atoms with Crippen molar-refractivity contribution < 1.29 is 9.59 Å². The smallest absolute Gasteiger partial charge is 0.255 e. The highest BCUT2D eigenvalue weighted by atomic mass is 16.2. The van der Waals surface area contributed by atoms with Crippen molar-refractivity contribution in [1.29, 1.82) is 0 Å². The summed E-state index contributed by atoms with van der Waals surface area (Å²) in [6.07, 6.45) is 0. The van der Waals surface area contributed by atoms with Crippen LogP contribution in [-0.4, -0.2) is 16.7 Å². The summed E-state index contributed by atoms with van der Waals surface area (Å²) in [4.78, 5) is 28.1. The van der Waals surface area contributed by atoms with E-state index in [9.17, 15) is 9.59 Å². The summed E-state index contributed by atoms with van der Waals surface area (Å²) in [5.41, 5.74) is 6.71. The van der Waals surface area contributed by atoms with Gasteiger partial charge in [-0.15, -0.1) is 0 Å². The number of benzene rings is 3. The van der Waals surface area contributed by atoms with Crippen molar-refractivity contribution in [3.63, 3.8) is 0 Å². The normalized spacial score (nSPS) is 15.2. The molecule has 2 amide bonds. The third kappa shape index (κ3) is 4.45. The molecule has 1 N–H and O–H groups in total. The number of hydrogen-bond acceptors (Lipinski definition) is 2. The molecule has 0 saturated carbocycles. The predicted octanol–water partition coefficient (Wildman–Crippen LogP) is 5.59. The number of carbonyl (C=O) groups excluding carboxylic acids is 2. The molecule has 1 aliphatic rings. The van der Waals surface area contributed by atoms with E-state index in [4.69, 9.17) is 0 Å². The maximum absolute atomic E-state index is 13.4. The molecular weight excluding hydrogens is 396 g/mol. The van der Waals surface area contributed by atoms with Gasteiger partial charge in [0.15, 0.2) is 0 Å². The first-order valence-corrected chi connectivity index (χ1v) is 11.2. The van der Waals surface area contributed by atoms with E-state index in [-0.39, 0.29) is 23.8 Å². The first kappa shape index (κ1) is 21.8. The first-order chi connectivity index (χ1) is 15.3. The lowest BCUT2D eigenvalue weighted by Gasteiger charge is -2.28. The summed E-state index contributed by atoms with van der Waals surface area (Å²) < 4.78 is 0. The van der Waals surface area contributed by atoms with E-state index >= 15 is 0 Å². The minimum Gasteiger partial charge on any atom is -0.348 e. The molecule has 4 heteroatoms. The zero-order chi connectivity index (χ0) is 22.8. The van der Waals surface area contributed by atoms with Gasteiger partial charge < -0.3 is 10.2 Å². The van der Waals surface area contributed by atoms with E-state index in [1.165, 1.54) is 11.1 Å². The van der Waals surface area contributed by atoms with Gasteiger partial charge in [0.05, 0.1) is 6.04 Å². The second-order valence-electron chi connectivity index (χ2n) is 9.08. The molecule has 1 heterocycles. The number of fused-ring (bicyclic) bond motifs is 1. The van der Waals surface area contributed by atoms with Gasteiger partial charge in [-0.25, -0.2) is 0 Å². The van der Waals surface area contributed by atoms with E-state index in [0.29, 0.717) is 24.2 Å². The van der Waals surface area contributed by atoms with E-state index < -0.39 is 0 Å². The Morgan fingerprint density at radius 2 is 1.50 bits per heavy atom. The molecule has 4 nitrogen and oxygen atoms in total. The summed E-state index contributed by atoms with van der Waals surface area (Å²) in [6.45, 7) is 9.39. The number of carbonyl (C=O) groups is 2. The van der Waals surface area contributed by atoms with Crippen LogP contribution >= 0.6 is 0 Å². The third-order valence-corrected chi connectivity index (χ3v) is 6.14. The molecule has 0 spiro atoms. The van der Waals surface area contributed by atoms with Crippen molar-refractivity contribution in [3.8, 4) is 0 Å². The maximum Gasteiger partial charge on any atom is 0.255 e. The van der Waals surface area contributed by atoms with E-state index in [2.05, 4.69) is 50.4 Å². The van der Waals surface area contributed by atoms with Gasteiger partial charge in [0.1, 0.15) is 0 Å². The topological polar surface area (TPSA) is 49.4 Å². The van der Waals surface area contributed by atoms with Crippen LogP contribution in [0.15, 0.2) is 66.7 Å². The van der Waals surface area contributed by atoms with Crippen molar-refractivity contribution in [2.75, 3.05) is 0 Å². The fourth-order valence-corrected chi connectivity index (χ4v) is 4.36. The van der Waals surface area contributed by atoms with Gasteiger partial charge >= 0.3 is 0 Å². The van der Waals surface area contributed by atoms with Gasteiger partial charge in [-0.3, -0.25) is 9.59 Å². The van der Waals surface area contributed by atoms with Crippen molar-refractivity contribution in [2.45, 2.75) is 46.8 Å². The third-order valence-electron chi connectivity index (χ3n) is 6.14. The van der Waals surface area contributed by atoms with Crippen LogP contribution in [0.5, 0.6) is 0 Å². The van der Waals surface area contributed by atoms with Crippen LogP contribution in [0.2, 0.25) is 0 Å². The predicted molar refractivity (Wildman–Crippen MR) is 127 cm³/mol. The molecule has 32 heavy (non-hydrogen) atoms. The van der Waals surface area contributed by atoms with Crippen molar-refractivity contribution in [2.24, 2.45) is 5.92 Å². The van der Waals surface area contributed by atoms with Crippen LogP contribution in [0.3, 0.4) is 0 Å². The molecule has 0 radical (unpaired) electrons. The van der Waals surface area contributed by atoms with Gasteiger partial charge in [-0.1, -0.05) is 79.6 Å². The molecule has 0 aliphatic carbocycles. The Balaban J connectivity index is 1.54. The fraction of sp³-hybridized carbons (Fsp3) is 0.286. The van der Waals surface area contributed by atoms with Crippen LogP contribution in [-0.2, 0) is 13.1 Å².